The summed E-state index contributed by atoms with van der Waals surface area (Å²) in [4.78, 5) is 0. The van der Waals surface area contributed by atoms with Crippen LogP contribution in [-0.4, -0.2) is 0 Å². The molecule has 0 aromatic heterocycles. The zero-order valence-electron chi connectivity index (χ0n) is 9.38. The number of allylic oxidation sites excluding steroid dienone is 2. The molecule has 2 bridgehead atoms. The van der Waals surface area contributed by atoms with Gasteiger partial charge in [0.1, 0.15) is 0 Å². The number of fused-ring (bicyclic) bond motifs is 2. The van der Waals surface area contributed by atoms with Crippen LogP contribution in [0, 0.1) is 11.8 Å². The van der Waals surface area contributed by atoms with Gasteiger partial charge < -0.3 is 0 Å². The fraction of sp³-hybridized carbons (Fsp3) is 0.857. The monoisotopic (exact) mass is 192 g/mol. The zero-order valence-corrected chi connectivity index (χ0v) is 9.38. The van der Waals surface area contributed by atoms with Gasteiger partial charge in [-0.05, 0) is 31.1 Å². The van der Waals surface area contributed by atoms with Crippen LogP contribution in [-0.2, 0) is 0 Å². The van der Waals surface area contributed by atoms with Crippen LogP contribution in [0.2, 0.25) is 0 Å². The predicted molar refractivity (Wildman–Crippen MR) is 62.3 cm³/mol. The van der Waals surface area contributed by atoms with Crippen molar-refractivity contribution in [2.24, 2.45) is 11.8 Å². The third kappa shape index (κ3) is 3.15. The van der Waals surface area contributed by atoms with Crippen LogP contribution in [0.25, 0.3) is 0 Å². The molecule has 0 heteroatoms. The van der Waals surface area contributed by atoms with E-state index in [1.54, 1.807) is 0 Å². The van der Waals surface area contributed by atoms with Gasteiger partial charge in [-0.2, -0.15) is 0 Å². The van der Waals surface area contributed by atoms with Crippen molar-refractivity contribution in [1.29, 1.82) is 0 Å². The molecular weight excluding hydrogens is 168 g/mol. The topological polar surface area (TPSA) is 0 Å². The van der Waals surface area contributed by atoms with E-state index in [1.165, 1.54) is 64.2 Å². The average Bonchev–Trinajstić information content (AvgIpc) is 2.25. The lowest BCUT2D eigenvalue weighted by Gasteiger charge is -2.24. The molecule has 1 fully saturated rings. The second kappa shape index (κ2) is 5.58. The Hall–Kier alpha value is -0.260. The molecule has 2 rings (SSSR count). The highest BCUT2D eigenvalue weighted by Crippen LogP contribution is 2.31. The Bertz CT molecular complexity index is 180. The van der Waals surface area contributed by atoms with E-state index in [9.17, 15) is 0 Å². The highest BCUT2D eigenvalue weighted by Gasteiger charge is 2.17. The van der Waals surface area contributed by atoms with Gasteiger partial charge in [0, 0.05) is 0 Å². The van der Waals surface area contributed by atoms with Gasteiger partial charge >= 0.3 is 0 Å². The van der Waals surface area contributed by atoms with Gasteiger partial charge in [0.25, 0.3) is 0 Å². The van der Waals surface area contributed by atoms with Crippen molar-refractivity contribution >= 4 is 0 Å². The second-order valence-corrected chi connectivity index (χ2v) is 5.22. The maximum atomic E-state index is 2.49. The SMILES string of the molecule is C1=CC2CCCCCCCCC(C1)C2. The van der Waals surface area contributed by atoms with Crippen molar-refractivity contribution < 1.29 is 0 Å². The maximum Gasteiger partial charge on any atom is -0.0231 e. The Morgan fingerprint density at radius 3 is 2.36 bits per heavy atom. The molecule has 0 heterocycles. The smallest absolute Gasteiger partial charge is 0.0231 e. The first-order chi connectivity index (χ1) is 6.95. The van der Waals surface area contributed by atoms with Gasteiger partial charge in [0.05, 0.1) is 0 Å². The van der Waals surface area contributed by atoms with Crippen LogP contribution in [0.15, 0.2) is 12.2 Å². The number of hydrogen-bond acceptors (Lipinski definition) is 0. The van der Waals surface area contributed by atoms with E-state index in [1.807, 2.05) is 0 Å². The maximum absolute atomic E-state index is 2.49. The molecule has 0 nitrogen and oxygen atoms in total. The lowest BCUT2D eigenvalue weighted by atomic mass is 9.82. The molecule has 14 heavy (non-hydrogen) atoms. The van der Waals surface area contributed by atoms with Gasteiger partial charge in [-0.25, -0.2) is 0 Å². The lowest BCUT2D eigenvalue weighted by molar-refractivity contribution is 0.354. The molecule has 80 valence electrons. The van der Waals surface area contributed by atoms with Gasteiger partial charge in [-0.3, -0.25) is 0 Å². The van der Waals surface area contributed by atoms with Crippen molar-refractivity contribution in [3.8, 4) is 0 Å². The van der Waals surface area contributed by atoms with E-state index >= 15 is 0 Å². The fourth-order valence-electron chi connectivity index (χ4n) is 3.06. The normalized spacial score (nSPS) is 34.9. The standard InChI is InChI=1S/C14H24/c1-2-4-6-9-14-11-7-10-13(12-14)8-5-3-1/h7,10,13-14H,1-6,8-9,11-12H2. The molecule has 2 unspecified atom stereocenters. The molecule has 0 N–H and O–H groups in total. The summed E-state index contributed by atoms with van der Waals surface area (Å²) in [6.07, 6.45) is 19.7. The van der Waals surface area contributed by atoms with E-state index < -0.39 is 0 Å². The van der Waals surface area contributed by atoms with Gasteiger partial charge in [0.2, 0.25) is 0 Å². The van der Waals surface area contributed by atoms with E-state index in [2.05, 4.69) is 12.2 Å². The molecule has 0 saturated heterocycles. The van der Waals surface area contributed by atoms with E-state index in [0.717, 1.165) is 11.8 Å². The zero-order chi connectivity index (χ0) is 9.64. The summed E-state index contributed by atoms with van der Waals surface area (Å²) >= 11 is 0. The van der Waals surface area contributed by atoms with Crippen molar-refractivity contribution in [2.45, 2.75) is 64.2 Å². The van der Waals surface area contributed by atoms with Crippen LogP contribution in [0.5, 0.6) is 0 Å². The van der Waals surface area contributed by atoms with E-state index in [0.29, 0.717) is 0 Å². The second-order valence-electron chi connectivity index (χ2n) is 5.22. The molecule has 0 radical (unpaired) electrons. The quantitative estimate of drug-likeness (QED) is 0.488. The first-order valence-corrected chi connectivity index (χ1v) is 6.62. The van der Waals surface area contributed by atoms with E-state index in [-0.39, 0.29) is 0 Å². The molecule has 0 spiro atoms. The number of hydrogen-bond donors (Lipinski definition) is 0. The van der Waals surface area contributed by atoms with Crippen LogP contribution < -0.4 is 0 Å². The van der Waals surface area contributed by atoms with Gasteiger partial charge in [0.15, 0.2) is 0 Å². The Morgan fingerprint density at radius 1 is 0.786 bits per heavy atom. The minimum atomic E-state index is 0.937. The molecular formula is C14H24. The fourth-order valence-corrected chi connectivity index (χ4v) is 3.06. The first-order valence-electron chi connectivity index (χ1n) is 6.62. The summed E-state index contributed by atoms with van der Waals surface area (Å²) < 4.78 is 0. The van der Waals surface area contributed by atoms with E-state index in [4.69, 9.17) is 0 Å². The van der Waals surface area contributed by atoms with Gasteiger partial charge in [-0.15, -0.1) is 0 Å². The summed E-state index contributed by atoms with van der Waals surface area (Å²) in [7, 11) is 0. The molecule has 0 aromatic carbocycles. The Morgan fingerprint density at radius 2 is 1.50 bits per heavy atom. The Balaban J connectivity index is 1.87. The minimum Gasteiger partial charge on any atom is -0.0880 e. The third-order valence-corrected chi connectivity index (χ3v) is 3.95. The first kappa shape index (κ1) is 10.3. The molecule has 2 aliphatic carbocycles. The van der Waals surface area contributed by atoms with Crippen molar-refractivity contribution in [1.82, 2.24) is 0 Å². The largest absolute Gasteiger partial charge is 0.0880 e. The molecule has 0 aromatic rings. The van der Waals surface area contributed by atoms with Crippen LogP contribution >= 0.6 is 0 Å². The predicted octanol–water partition coefficient (Wildman–Crippen LogP) is 4.70. The Labute approximate surface area is 88.8 Å². The highest BCUT2D eigenvalue weighted by atomic mass is 14.2. The number of rotatable bonds is 0. The summed E-state index contributed by atoms with van der Waals surface area (Å²) in [5.74, 6) is 1.97. The van der Waals surface area contributed by atoms with Gasteiger partial charge in [-0.1, -0.05) is 57.1 Å². The summed E-state index contributed by atoms with van der Waals surface area (Å²) in [6, 6.07) is 0. The van der Waals surface area contributed by atoms with Crippen LogP contribution in [0.1, 0.15) is 64.2 Å². The molecule has 0 aliphatic heterocycles. The molecule has 1 saturated carbocycles. The Kier molecular flexibility index (Phi) is 4.09. The lowest BCUT2D eigenvalue weighted by Crippen LogP contribution is -2.11. The van der Waals surface area contributed by atoms with Crippen LogP contribution in [0.3, 0.4) is 0 Å². The summed E-state index contributed by atoms with van der Waals surface area (Å²) in [6.45, 7) is 0. The van der Waals surface area contributed by atoms with Crippen molar-refractivity contribution in [3.05, 3.63) is 12.2 Å². The average molecular weight is 192 g/mol. The minimum absolute atomic E-state index is 0.937. The third-order valence-electron chi connectivity index (χ3n) is 3.95. The van der Waals surface area contributed by atoms with Crippen molar-refractivity contribution in [2.75, 3.05) is 0 Å². The summed E-state index contributed by atoms with van der Waals surface area (Å²) in [5, 5.41) is 0. The molecule has 0 amide bonds. The summed E-state index contributed by atoms with van der Waals surface area (Å²) in [5.41, 5.74) is 0. The molecule has 2 aliphatic rings. The van der Waals surface area contributed by atoms with Crippen LogP contribution in [0.4, 0.5) is 0 Å². The molecule has 2 atom stereocenters. The highest BCUT2D eigenvalue weighted by molar-refractivity contribution is 4.96. The van der Waals surface area contributed by atoms with Crippen molar-refractivity contribution in [3.63, 3.8) is 0 Å².